The number of benzene rings is 2. The Labute approximate surface area is 196 Å². The molecule has 2 atom stereocenters. The van der Waals surface area contributed by atoms with E-state index in [1.165, 1.54) is 5.56 Å². The van der Waals surface area contributed by atoms with Crippen LogP contribution in [0.5, 0.6) is 11.5 Å². The van der Waals surface area contributed by atoms with Gasteiger partial charge in [-0.25, -0.2) is 0 Å². The quantitative estimate of drug-likeness (QED) is 0.340. The van der Waals surface area contributed by atoms with Gasteiger partial charge in [0.25, 0.3) is 0 Å². The number of carbonyl (C=O) groups is 1. The molecule has 0 aromatic heterocycles. The summed E-state index contributed by atoms with van der Waals surface area (Å²) in [6.45, 7) is 0.890. The van der Waals surface area contributed by atoms with Crippen LogP contribution >= 0.6 is 11.8 Å². The lowest BCUT2D eigenvalue weighted by Crippen LogP contribution is -2.35. The van der Waals surface area contributed by atoms with E-state index in [2.05, 4.69) is 18.2 Å². The number of ether oxygens (including phenoxy) is 3. The first-order chi connectivity index (χ1) is 15.4. The Bertz CT molecular complexity index is 831. The molecule has 0 radical (unpaired) electrons. The third-order valence-corrected chi connectivity index (χ3v) is 5.86. The molecule has 0 aliphatic carbocycles. The van der Waals surface area contributed by atoms with Gasteiger partial charge in [-0.05, 0) is 68.9 Å². The molecule has 6 nitrogen and oxygen atoms in total. The molecule has 32 heavy (non-hydrogen) atoms. The topological polar surface area (TPSA) is 74.0 Å². The van der Waals surface area contributed by atoms with Gasteiger partial charge in [0.1, 0.15) is 24.2 Å². The second-order valence-corrected chi connectivity index (χ2v) is 9.03. The van der Waals surface area contributed by atoms with E-state index in [1.54, 1.807) is 18.9 Å². The molecule has 0 aliphatic heterocycles. The lowest BCUT2D eigenvalue weighted by molar-refractivity contribution is -0.151. The summed E-state index contributed by atoms with van der Waals surface area (Å²) in [5.41, 5.74) is 8.22. The van der Waals surface area contributed by atoms with Crippen molar-refractivity contribution in [2.24, 2.45) is 5.73 Å². The molecule has 2 N–H and O–H groups in total. The minimum absolute atomic E-state index is 0.0532. The van der Waals surface area contributed by atoms with E-state index in [1.807, 2.05) is 55.6 Å². The number of thioether (sulfide) groups is 1. The molecule has 2 rings (SSSR count). The maximum absolute atomic E-state index is 12.3. The first-order valence-corrected chi connectivity index (χ1v) is 12.2. The highest BCUT2D eigenvalue weighted by molar-refractivity contribution is 7.99. The van der Waals surface area contributed by atoms with Crippen LogP contribution in [0, 0.1) is 0 Å². The van der Waals surface area contributed by atoms with E-state index in [4.69, 9.17) is 19.9 Å². The standard InChI is InChI=1S/C25H36N2O4S/c1-27(2)17-22(31-25(28)15-14-24(26)32-4)18-30-23-11-6-5-9-20(23)13-12-19-8-7-10-21(16-19)29-3/h5-11,16,22,24H,12-15,17-18,26H2,1-4H3/t22-,24+/m1/s1. The van der Waals surface area contributed by atoms with Crippen LogP contribution in [0.2, 0.25) is 0 Å². The summed E-state index contributed by atoms with van der Waals surface area (Å²) in [4.78, 5) is 14.3. The molecular weight excluding hydrogens is 424 g/mol. The summed E-state index contributed by atoms with van der Waals surface area (Å²) in [6, 6.07) is 16.1. The molecule has 0 fully saturated rings. The van der Waals surface area contributed by atoms with Gasteiger partial charge in [0.15, 0.2) is 0 Å². The largest absolute Gasteiger partial charge is 0.497 e. The summed E-state index contributed by atoms with van der Waals surface area (Å²) in [6.07, 6.45) is 4.21. The van der Waals surface area contributed by atoms with Gasteiger partial charge in [-0.1, -0.05) is 30.3 Å². The van der Waals surface area contributed by atoms with Crippen LogP contribution in [-0.2, 0) is 22.4 Å². The number of methoxy groups -OCH3 is 1. The van der Waals surface area contributed by atoms with Gasteiger partial charge in [-0.3, -0.25) is 4.79 Å². The number of hydrogen-bond donors (Lipinski definition) is 1. The van der Waals surface area contributed by atoms with E-state index < -0.39 is 0 Å². The molecule has 0 spiro atoms. The molecule has 7 heteroatoms. The van der Waals surface area contributed by atoms with E-state index in [0.29, 0.717) is 26.0 Å². The second-order valence-electron chi connectivity index (χ2n) is 7.96. The number of likely N-dealkylation sites (N-methyl/N-ethyl adjacent to an activating group) is 1. The van der Waals surface area contributed by atoms with Crippen molar-refractivity contribution < 1.29 is 19.0 Å². The zero-order valence-corrected chi connectivity index (χ0v) is 20.4. The van der Waals surface area contributed by atoms with Crippen LogP contribution in [0.15, 0.2) is 48.5 Å². The fraction of sp³-hybridized carbons (Fsp3) is 0.480. The lowest BCUT2D eigenvalue weighted by Gasteiger charge is -2.23. The van der Waals surface area contributed by atoms with Gasteiger partial charge in [0.05, 0.1) is 12.5 Å². The Hall–Kier alpha value is -2.22. The number of rotatable bonds is 14. The molecular formula is C25H36N2O4S. The predicted molar refractivity (Wildman–Crippen MR) is 131 cm³/mol. The van der Waals surface area contributed by atoms with Crippen molar-refractivity contribution in [2.45, 2.75) is 37.2 Å². The third kappa shape index (κ3) is 9.51. The van der Waals surface area contributed by atoms with Gasteiger partial charge in [0, 0.05) is 13.0 Å². The van der Waals surface area contributed by atoms with E-state index in [-0.39, 0.29) is 17.4 Å². The highest BCUT2D eigenvalue weighted by atomic mass is 32.2. The number of aryl methyl sites for hydroxylation is 2. The Morgan fingerprint density at radius 1 is 1.12 bits per heavy atom. The molecule has 176 valence electrons. The lowest BCUT2D eigenvalue weighted by atomic mass is 10.0. The monoisotopic (exact) mass is 460 g/mol. The minimum atomic E-state index is -0.352. The molecule has 2 aromatic rings. The van der Waals surface area contributed by atoms with Crippen molar-refractivity contribution in [2.75, 3.05) is 40.6 Å². The third-order valence-electron chi connectivity index (χ3n) is 5.02. The van der Waals surface area contributed by atoms with Crippen LogP contribution in [0.25, 0.3) is 0 Å². The predicted octanol–water partition coefficient (Wildman–Crippen LogP) is 3.76. The van der Waals surface area contributed by atoms with E-state index in [9.17, 15) is 4.79 Å². The van der Waals surface area contributed by atoms with Gasteiger partial charge < -0.3 is 24.8 Å². The van der Waals surface area contributed by atoms with Crippen LogP contribution in [0.4, 0.5) is 0 Å². The number of esters is 1. The Balaban J connectivity index is 1.96. The first kappa shape index (κ1) is 26.0. The molecule has 2 aromatic carbocycles. The molecule has 0 saturated carbocycles. The number of nitrogens with zero attached hydrogens (tertiary/aromatic N) is 1. The smallest absolute Gasteiger partial charge is 0.306 e. The SMILES string of the molecule is COc1cccc(CCc2ccccc2OC[C@@H](CN(C)C)OC(=O)CC[C@@H](N)SC)c1. The summed E-state index contributed by atoms with van der Waals surface area (Å²) in [5, 5.41) is -0.0532. The van der Waals surface area contributed by atoms with Crippen LogP contribution in [0.3, 0.4) is 0 Å². The number of carbonyl (C=O) groups excluding carboxylic acids is 1. The minimum Gasteiger partial charge on any atom is -0.497 e. The first-order valence-electron chi connectivity index (χ1n) is 10.9. The maximum Gasteiger partial charge on any atom is 0.306 e. The van der Waals surface area contributed by atoms with Crippen molar-refractivity contribution in [1.29, 1.82) is 0 Å². The average Bonchev–Trinajstić information content (AvgIpc) is 2.79. The van der Waals surface area contributed by atoms with Crippen LogP contribution in [0.1, 0.15) is 24.0 Å². The number of para-hydroxylation sites is 1. The maximum atomic E-state index is 12.3. The molecule has 0 aliphatic rings. The van der Waals surface area contributed by atoms with Gasteiger partial charge in [0.2, 0.25) is 0 Å². The Morgan fingerprint density at radius 2 is 1.91 bits per heavy atom. The summed E-state index contributed by atoms with van der Waals surface area (Å²) >= 11 is 1.54. The molecule has 0 saturated heterocycles. The Morgan fingerprint density at radius 3 is 2.62 bits per heavy atom. The summed E-state index contributed by atoms with van der Waals surface area (Å²) in [5.74, 6) is 1.44. The van der Waals surface area contributed by atoms with Crippen molar-refractivity contribution in [3.05, 3.63) is 59.7 Å². The van der Waals surface area contributed by atoms with Gasteiger partial charge in [-0.15, -0.1) is 11.8 Å². The summed E-state index contributed by atoms with van der Waals surface area (Å²) in [7, 11) is 5.58. The molecule has 0 bridgehead atoms. The fourth-order valence-corrected chi connectivity index (χ4v) is 3.65. The van der Waals surface area contributed by atoms with Crippen molar-refractivity contribution in [3.8, 4) is 11.5 Å². The molecule has 0 amide bonds. The zero-order valence-electron chi connectivity index (χ0n) is 19.6. The highest BCUT2D eigenvalue weighted by Gasteiger charge is 2.18. The van der Waals surface area contributed by atoms with Crippen molar-refractivity contribution in [3.63, 3.8) is 0 Å². The van der Waals surface area contributed by atoms with Crippen molar-refractivity contribution in [1.82, 2.24) is 4.90 Å². The Kier molecular flexibility index (Phi) is 11.4. The summed E-state index contributed by atoms with van der Waals surface area (Å²) < 4.78 is 17.1. The van der Waals surface area contributed by atoms with Crippen LogP contribution < -0.4 is 15.2 Å². The molecule has 0 heterocycles. The highest BCUT2D eigenvalue weighted by Crippen LogP contribution is 2.22. The normalized spacial score (nSPS) is 12.9. The average molecular weight is 461 g/mol. The van der Waals surface area contributed by atoms with Crippen LogP contribution in [-0.4, -0.2) is 63.0 Å². The number of nitrogens with two attached hydrogens (primary N) is 1. The molecule has 0 unspecified atom stereocenters. The van der Waals surface area contributed by atoms with Gasteiger partial charge in [-0.2, -0.15) is 0 Å². The van der Waals surface area contributed by atoms with E-state index in [0.717, 1.165) is 29.9 Å². The number of hydrogen-bond acceptors (Lipinski definition) is 7. The van der Waals surface area contributed by atoms with Crippen molar-refractivity contribution >= 4 is 17.7 Å². The second kappa shape index (κ2) is 14.0. The van der Waals surface area contributed by atoms with E-state index >= 15 is 0 Å². The fourth-order valence-electron chi connectivity index (χ4n) is 3.29. The van der Waals surface area contributed by atoms with Gasteiger partial charge >= 0.3 is 5.97 Å². The zero-order chi connectivity index (χ0) is 23.3.